The topological polar surface area (TPSA) is 49.8 Å². The molecule has 136 valence electrons. The zero-order valence-corrected chi connectivity index (χ0v) is 15.8. The van der Waals surface area contributed by atoms with Gasteiger partial charge in [0.15, 0.2) is 0 Å². The maximum absolute atomic E-state index is 11.0. The van der Waals surface area contributed by atoms with Crippen molar-refractivity contribution >= 4 is 22.9 Å². The van der Waals surface area contributed by atoms with E-state index in [-0.39, 0.29) is 6.42 Å². The molecule has 0 spiro atoms. The standard InChI is InChI=1S/C21H23NO3S/c1-22-9-6-15(7-10-22)20-17-12-14(3-5-19(23)24)2-4-18(17)25-13-16-8-11-26-21(16)20/h2,4,8,11-12H,3,5-7,9-10,13H2,1H3,(H,23,24). The number of aliphatic carboxylic acids is 1. The highest BCUT2D eigenvalue weighted by Gasteiger charge is 2.25. The molecule has 26 heavy (non-hydrogen) atoms. The molecule has 0 bridgehead atoms. The van der Waals surface area contributed by atoms with Crippen LogP contribution in [-0.2, 0) is 17.8 Å². The largest absolute Gasteiger partial charge is 0.488 e. The molecule has 2 aliphatic rings. The van der Waals surface area contributed by atoms with Crippen LogP contribution >= 0.6 is 11.3 Å². The molecule has 4 rings (SSSR count). The average Bonchev–Trinajstić information content (AvgIpc) is 3.03. The van der Waals surface area contributed by atoms with E-state index in [2.05, 4.69) is 29.5 Å². The summed E-state index contributed by atoms with van der Waals surface area (Å²) in [5.74, 6) is 0.152. The van der Waals surface area contributed by atoms with Crippen molar-refractivity contribution < 1.29 is 14.6 Å². The number of hydrogen-bond donors (Lipinski definition) is 1. The third kappa shape index (κ3) is 3.41. The van der Waals surface area contributed by atoms with E-state index < -0.39 is 5.97 Å². The van der Waals surface area contributed by atoms with Gasteiger partial charge in [0.1, 0.15) is 12.4 Å². The first-order valence-electron chi connectivity index (χ1n) is 9.07. The van der Waals surface area contributed by atoms with E-state index in [1.54, 1.807) is 11.3 Å². The highest BCUT2D eigenvalue weighted by Crippen LogP contribution is 2.43. The van der Waals surface area contributed by atoms with Gasteiger partial charge in [0.25, 0.3) is 0 Å². The monoisotopic (exact) mass is 369 g/mol. The molecular formula is C21H23NO3S. The van der Waals surface area contributed by atoms with E-state index in [1.165, 1.54) is 21.6 Å². The second-order valence-corrected chi connectivity index (χ2v) is 7.99. The molecule has 1 fully saturated rings. The van der Waals surface area contributed by atoms with Crippen molar-refractivity contribution in [1.29, 1.82) is 0 Å². The maximum Gasteiger partial charge on any atom is 0.303 e. The van der Waals surface area contributed by atoms with Crippen LogP contribution in [0.2, 0.25) is 0 Å². The van der Waals surface area contributed by atoms with Crippen LogP contribution in [-0.4, -0.2) is 36.1 Å². The lowest BCUT2D eigenvalue weighted by Crippen LogP contribution is -2.26. The highest BCUT2D eigenvalue weighted by atomic mass is 32.1. The van der Waals surface area contributed by atoms with Gasteiger partial charge in [-0.1, -0.05) is 11.6 Å². The molecule has 1 N–H and O–H groups in total. The molecule has 1 aromatic carbocycles. The van der Waals surface area contributed by atoms with Gasteiger partial charge in [-0.05, 0) is 55.5 Å². The van der Waals surface area contributed by atoms with E-state index in [9.17, 15) is 4.79 Å². The average molecular weight is 369 g/mol. The molecule has 3 heterocycles. The van der Waals surface area contributed by atoms with Crippen LogP contribution in [0.25, 0.3) is 5.57 Å². The van der Waals surface area contributed by atoms with Crippen LogP contribution in [0.5, 0.6) is 5.75 Å². The molecule has 0 amide bonds. The lowest BCUT2D eigenvalue weighted by atomic mass is 9.90. The van der Waals surface area contributed by atoms with Crippen molar-refractivity contribution in [2.24, 2.45) is 0 Å². The molecule has 5 heteroatoms. The van der Waals surface area contributed by atoms with Gasteiger partial charge in [-0.2, -0.15) is 0 Å². The first kappa shape index (κ1) is 17.3. The molecule has 0 aliphatic carbocycles. The Morgan fingerprint density at radius 1 is 1.27 bits per heavy atom. The summed E-state index contributed by atoms with van der Waals surface area (Å²) in [6.45, 7) is 2.75. The Balaban J connectivity index is 1.81. The molecule has 4 nitrogen and oxygen atoms in total. The molecular weight excluding hydrogens is 346 g/mol. The van der Waals surface area contributed by atoms with Crippen LogP contribution < -0.4 is 4.74 Å². The number of ether oxygens (including phenoxy) is 1. The first-order valence-corrected chi connectivity index (χ1v) is 9.95. The fourth-order valence-corrected chi connectivity index (χ4v) is 4.76. The minimum atomic E-state index is -0.759. The lowest BCUT2D eigenvalue weighted by Gasteiger charge is -2.26. The van der Waals surface area contributed by atoms with Crippen LogP contribution in [0.15, 0.2) is 35.2 Å². The number of carboxylic acid groups (broad SMARTS) is 1. The Bertz CT molecular complexity index is 858. The highest BCUT2D eigenvalue weighted by molar-refractivity contribution is 7.11. The summed E-state index contributed by atoms with van der Waals surface area (Å²) >= 11 is 1.78. The SMILES string of the molecule is CN1CCC(=C2c3cc(CCC(=O)O)ccc3OCc3ccsc32)CC1. The quantitative estimate of drug-likeness (QED) is 0.882. The van der Waals surface area contributed by atoms with E-state index in [0.29, 0.717) is 13.0 Å². The molecule has 0 atom stereocenters. The van der Waals surface area contributed by atoms with E-state index in [1.807, 2.05) is 12.1 Å². The zero-order valence-electron chi connectivity index (χ0n) is 15.0. The van der Waals surface area contributed by atoms with Crippen LogP contribution in [0, 0.1) is 0 Å². The van der Waals surface area contributed by atoms with Crippen molar-refractivity contribution in [2.75, 3.05) is 20.1 Å². The summed E-state index contributed by atoms with van der Waals surface area (Å²) in [5, 5.41) is 11.1. The molecule has 2 aliphatic heterocycles. The van der Waals surface area contributed by atoms with Gasteiger partial charge < -0.3 is 14.7 Å². The number of hydrogen-bond acceptors (Lipinski definition) is 4. The first-order chi connectivity index (χ1) is 12.6. The number of fused-ring (bicyclic) bond motifs is 2. The summed E-state index contributed by atoms with van der Waals surface area (Å²) in [5.41, 5.74) is 6.26. The maximum atomic E-state index is 11.0. The summed E-state index contributed by atoms with van der Waals surface area (Å²) in [6, 6.07) is 8.32. The number of nitrogens with zero attached hydrogens (tertiary/aromatic N) is 1. The second-order valence-electron chi connectivity index (χ2n) is 7.07. The van der Waals surface area contributed by atoms with Crippen molar-refractivity contribution in [3.8, 4) is 5.75 Å². The number of benzene rings is 1. The summed E-state index contributed by atoms with van der Waals surface area (Å²) in [6.07, 6.45) is 2.84. The Morgan fingerprint density at radius 3 is 2.85 bits per heavy atom. The van der Waals surface area contributed by atoms with Gasteiger partial charge >= 0.3 is 5.97 Å². The summed E-state index contributed by atoms with van der Waals surface area (Å²) in [7, 11) is 2.17. The van der Waals surface area contributed by atoms with E-state index >= 15 is 0 Å². The van der Waals surface area contributed by atoms with Gasteiger partial charge in [0.2, 0.25) is 0 Å². The van der Waals surface area contributed by atoms with Crippen molar-refractivity contribution in [2.45, 2.75) is 32.3 Å². The fraction of sp³-hybridized carbons (Fsp3) is 0.381. The van der Waals surface area contributed by atoms with E-state index in [0.717, 1.165) is 42.8 Å². The van der Waals surface area contributed by atoms with Gasteiger partial charge in [-0.15, -0.1) is 11.3 Å². The lowest BCUT2D eigenvalue weighted by molar-refractivity contribution is -0.136. The number of thiophene rings is 1. The smallest absolute Gasteiger partial charge is 0.303 e. The second kappa shape index (κ2) is 7.25. The minimum absolute atomic E-state index is 0.153. The van der Waals surface area contributed by atoms with Crippen molar-refractivity contribution in [3.63, 3.8) is 0 Å². The van der Waals surface area contributed by atoms with Crippen LogP contribution in [0.3, 0.4) is 0 Å². The third-order valence-corrected chi connectivity index (χ3v) is 6.22. The zero-order chi connectivity index (χ0) is 18.1. The number of carbonyl (C=O) groups is 1. The molecule has 1 saturated heterocycles. The molecule has 0 unspecified atom stereocenters. The number of rotatable bonds is 3. The Hall–Kier alpha value is -2.11. The van der Waals surface area contributed by atoms with Gasteiger partial charge in [-0.25, -0.2) is 0 Å². The van der Waals surface area contributed by atoms with Crippen LogP contribution in [0.4, 0.5) is 0 Å². The van der Waals surface area contributed by atoms with Crippen molar-refractivity contribution in [3.05, 3.63) is 56.8 Å². The molecule has 0 radical (unpaired) electrons. The minimum Gasteiger partial charge on any atom is -0.488 e. The predicted molar refractivity (Wildman–Crippen MR) is 104 cm³/mol. The van der Waals surface area contributed by atoms with Gasteiger partial charge in [0, 0.05) is 41.1 Å². The van der Waals surface area contributed by atoms with Crippen LogP contribution in [0.1, 0.15) is 40.8 Å². The number of carboxylic acids is 1. The number of aryl methyl sites for hydroxylation is 1. The molecule has 0 saturated carbocycles. The van der Waals surface area contributed by atoms with Gasteiger partial charge in [-0.3, -0.25) is 4.79 Å². The Labute approximate surface area is 157 Å². The fourth-order valence-electron chi connectivity index (χ4n) is 3.74. The molecule has 1 aromatic heterocycles. The summed E-state index contributed by atoms with van der Waals surface area (Å²) < 4.78 is 6.10. The van der Waals surface area contributed by atoms with Gasteiger partial charge in [0.05, 0.1) is 0 Å². The number of likely N-dealkylation sites (tertiary alicyclic amines) is 1. The number of piperidine rings is 1. The van der Waals surface area contributed by atoms with E-state index in [4.69, 9.17) is 9.84 Å². The summed E-state index contributed by atoms with van der Waals surface area (Å²) in [4.78, 5) is 14.6. The molecule has 2 aromatic rings. The van der Waals surface area contributed by atoms with Crippen molar-refractivity contribution in [1.82, 2.24) is 4.90 Å². The Morgan fingerprint density at radius 2 is 2.08 bits per heavy atom. The normalized spacial score (nSPS) is 17.3. The third-order valence-electron chi connectivity index (χ3n) is 5.24. The predicted octanol–water partition coefficient (Wildman–Crippen LogP) is 4.19. The Kier molecular flexibility index (Phi) is 4.83.